The molecule has 0 saturated carbocycles. The second-order valence-electron chi connectivity index (χ2n) is 4.99. The molecular weight excluding hydrogens is 229 g/mol. The van der Waals surface area contributed by atoms with E-state index in [-0.39, 0.29) is 11.2 Å². The van der Waals surface area contributed by atoms with Gasteiger partial charge in [-0.1, -0.05) is 26.0 Å². The Kier molecular flexibility index (Phi) is 5.48. The van der Waals surface area contributed by atoms with Crippen LogP contribution in [0.15, 0.2) is 24.3 Å². The summed E-state index contributed by atoms with van der Waals surface area (Å²) in [4.78, 5) is 13.4. The number of hydrogen-bond donors (Lipinski definition) is 0. The minimum atomic E-state index is -0.255. The molecule has 0 saturated heterocycles. The van der Waals surface area contributed by atoms with Crippen molar-refractivity contribution in [3.63, 3.8) is 0 Å². The normalized spacial score (nSPS) is 11.8. The molecule has 0 atom stereocenters. The fourth-order valence-corrected chi connectivity index (χ4v) is 2.17. The molecule has 2 nitrogen and oxygen atoms in total. The highest BCUT2D eigenvalue weighted by Crippen LogP contribution is 2.25. The van der Waals surface area contributed by atoms with Crippen molar-refractivity contribution in [3.05, 3.63) is 35.6 Å². The third kappa shape index (κ3) is 3.91. The first kappa shape index (κ1) is 14.8. The maximum absolute atomic E-state index is 12.8. The number of benzene rings is 1. The third-order valence-corrected chi connectivity index (χ3v) is 3.61. The lowest BCUT2D eigenvalue weighted by Crippen LogP contribution is -2.35. The summed E-state index contributed by atoms with van der Waals surface area (Å²) in [5, 5.41) is 0. The highest BCUT2D eigenvalue weighted by Gasteiger charge is 2.26. The average Bonchev–Trinajstić information content (AvgIpc) is 2.39. The molecule has 0 fully saturated rings. The Morgan fingerprint density at radius 1 is 1.22 bits per heavy atom. The van der Waals surface area contributed by atoms with Gasteiger partial charge in [0.05, 0.1) is 0 Å². The Morgan fingerprint density at radius 3 is 2.22 bits per heavy atom. The Bertz CT molecular complexity index is 371. The molecule has 0 unspecified atom stereocenters. The van der Waals surface area contributed by atoms with Crippen molar-refractivity contribution in [2.24, 2.45) is 5.41 Å². The number of aldehydes is 1. The Labute approximate surface area is 109 Å². The number of carbonyl (C=O) groups is 1. The first-order valence-electron chi connectivity index (χ1n) is 6.44. The van der Waals surface area contributed by atoms with Crippen molar-refractivity contribution in [2.45, 2.75) is 33.2 Å². The van der Waals surface area contributed by atoms with Gasteiger partial charge >= 0.3 is 0 Å². The number of carbonyl (C=O) groups excluding carboxylic acids is 1. The fourth-order valence-electron chi connectivity index (χ4n) is 2.17. The lowest BCUT2D eigenvalue weighted by Gasteiger charge is -2.30. The molecule has 1 rings (SSSR count). The molecule has 0 heterocycles. The van der Waals surface area contributed by atoms with Gasteiger partial charge in [-0.2, -0.15) is 0 Å². The summed E-state index contributed by atoms with van der Waals surface area (Å²) in [5.74, 6) is -0.217. The highest BCUT2D eigenvalue weighted by atomic mass is 19.1. The first-order chi connectivity index (χ1) is 8.55. The maximum Gasteiger partial charge on any atom is 0.127 e. The molecule has 0 aliphatic carbocycles. The molecule has 0 aromatic heterocycles. The number of nitrogens with zero attached hydrogens (tertiary/aromatic N) is 1. The topological polar surface area (TPSA) is 20.3 Å². The van der Waals surface area contributed by atoms with Gasteiger partial charge in [-0.15, -0.1) is 0 Å². The van der Waals surface area contributed by atoms with Crippen LogP contribution in [0.5, 0.6) is 0 Å². The van der Waals surface area contributed by atoms with Crippen LogP contribution < -0.4 is 0 Å². The number of rotatable bonds is 7. The molecule has 0 aliphatic rings. The quantitative estimate of drug-likeness (QED) is 0.693. The van der Waals surface area contributed by atoms with E-state index >= 15 is 0 Å². The van der Waals surface area contributed by atoms with Gasteiger partial charge in [-0.3, -0.25) is 0 Å². The van der Waals surface area contributed by atoms with Gasteiger partial charge in [0.1, 0.15) is 12.1 Å². The summed E-state index contributed by atoms with van der Waals surface area (Å²) < 4.78 is 12.8. The van der Waals surface area contributed by atoms with Crippen molar-refractivity contribution in [3.8, 4) is 0 Å². The van der Waals surface area contributed by atoms with Gasteiger partial charge in [-0.25, -0.2) is 4.39 Å². The SMILES string of the molecule is CCC(C=O)(CC)CN(C)Cc1ccc(F)cc1. The summed E-state index contributed by atoms with van der Waals surface area (Å²) in [6, 6.07) is 6.50. The summed E-state index contributed by atoms with van der Waals surface area (Å²) in [7, 11) is 1.99. The summed E-state index contributed by atoms with van der Waals surface area (Å²) in [6.07, 6.45) is 2.77. The van der Waals surface area contributed by atoms with Crippen LogP contribution in [-0.2, 0) is 11.3 Å². The van der Waals surface area contributed by atoms with E-state index in [2.05, 4.69) is 4.90 Å². The molecule has 100 valence electrons. The molecule has 18 heavy (non-hydrogen) atoms. The van der Waals surface area contributed by atoms with Crippen LogP contribution in [-0.4, -0.2) is 24.8 Å². The first-order valence-corrected chi connectivity index (χ1v) is 6.44. The molecule has 0 bridgehead atoms. The van der Waals surface area contributed by atoms with Gasteiger partial charge in [0.25, 0.3) is 0 Å². The molecule has 0 radical (unpaired) electrons. The van der Waals surface area contributed by atoms with E-state index in [1.165, 1.54) is 12.1 Å². The number of halogens is 1. The zero-order valence-corrected chi connectivity index (χ0v) is 11.4. The summed E-state index contributed by atoms with van der Waals surface area (Å²) >= 11 is 0. The van der Waals surface area contributed by atoms with Crippen LogP contribution in [0.2, 0.25) is 0 Å². The predicted molar refractivity (Wildman–Crippen MR) is 71.8 cm³/mol. The van der Waals surface area contributed by atoms with Crippen molar-refractivity contribution in [2.75, 3.05) is 13.6 Å². The Hall–Kier alpha value is -1.22. The summed E-state index contributed by atoms with van der Waals surface area (Å²) in [5.41, 5.74) is 0.806. The second-order valence-corrected chi connectivity index (χ2v) is 4.99. The zero-order chi connectivity index (χ0) is 13.6. The van der Waals surface area contributed by atoms with Crippen molar-refractivity contribution >= 4 is 6.29 Å². The van der Waals surface area contributed by atoms with Crippen LogP contribution in [0.25, 0.3) is 0 Å². The van der Waals surface area contributed by atoms with Crippen LogP contribution >= 0.6 is 0 Å². The van der Waals surface area contributed by atoms with Crippen LogP contribution in [0.1, 0.15) is 32.3 Å². The van der Waals surface area contributed by atoms with E-state index in [1.54, 1.807) is 12.1 Å². The van der Waals surface area contributed by atoms with Gasteiger partial charge in [0.2, 0.25) is 0 Å². The van der Waals surface area contributed by atoms with Crippen LogP contribution in [0, 0.1) is 11.2 Å². The van der Waals surface area contributed by atoms with E-state index in [1.807, 2.05) is 20.9 Å². The standard InChI is InChI=1S/C15H22FNO/c1-4-15(5-2,12-18)11-17(3)10-13-6-8-14(16)9-7-13/h6-9,12H,4-5,10-11H2,1-3H3. The Morgan fingerprint density at radius 2 is 1.78 bits per heavy atom. The lowest BCUT2D eigenvalue weighted by molar-refractivity contribution is -0.117. The van der Waals surface area contributed by atoms with Gasteiger partial charge in [0, 0.05) is 18.5 Å². The van der Waals surface area contributed by atoms with E-state index < -0.39 is 0 Å². The highest BCUT2D eigenvalue weighted by molar-refractivity contribution is 5.59. The minimum absolute atomic E-state index is 0.217. The van der Waals surface area contributed by atoms with E-state index in [0.29, 0.717) is 0 Å². The molecular formula is C15H22FNO. The van der Waals surface area contributed by atoms with Crippen molar-refractivity contribution in [1.29, 1.82) is 0 Å². The third-order valence-electron chi connectivity index (χ3n) is 3.61. The maximum atomic E-state index is 12.8. The molecule has 1 aromatic rings. The summed E-state index contributed by atoms with van der Waals surface area (Å²) in [6.45, 7) is 5.56. The largest absolute Gasteiger partial charge is 0.303 e. The van der Waals surface area contributed by atoms with Crippen LogP contribution in [0.4, 0.5) is 4.39 Å². The van der Waals surface area contributed by atoms with Gasteiger partial charge in [-0.05, 0) is 37.6 Å². The van der Waals surface area contributed by atoms with Gasteiger partial charge in [0.15, 0.2) is 0 Å². The van der Waals surface area contributed by atoms with Crippen molar-refractivity contribution < 1.29 is 9.18 Å². The molecule has 1 aromatic carbocycles. The molecule has 0 spiro atoms. The van der Waals surface area contributed by atoms with E-state index in [9.17, 15) is 9.18 Å². The predicted octanol–water partition coefficient (Wildman–Crippen LogP) is 3.26. The monoisotopic (exact) mass is 251 g/mol. The van der Waals surface area contributed by atoms with E-state index in [4.69, 9.17) is 0 Å². The fraction of sp³-hybridized carbons (Fsp3) is 0.533. The van der Waals surface area contributed by atoms with E-state index in [0.717, 1.165) is 37.8 Å². The van der Waals surface area contributed by atoms with Gasteiger partial charge < -0.3 is 9.69 Å². The Balaban J connectivity index is 2.62. The minimum Gasteiger partial charge on any atom is -0.303 e. The average molecular weight is 251 g/mol. The smallest absolute Gasteiger partial charge is 0.127 e. The molecule has 0 N–H and O–H groups in total. The second kappa shape index (κ2) is 6.64. The molecule has 3 heteroatoms. The zero-order valence-electron chi connectivity index (χ0n) is 11.4. The van der Waals surface area contributed by atoms with Crippen LogP contribution in [0.3, 0.4) is 0 Å². The number of hydrogen-bond acceptors (Lipinski definition) is 2. The van der Waals surface area contributed by atoms with Crippen molar-refractivity contribution in [1.82, 2.24) is 4.90 Å². The lowest BCUT2D eigenvalue weighted by atomic mass is 9.83. The molecule has 0 aliphatic heterocycles. The molecule has 0 amide bonds.